The maximum atomic E-state index is 9.72. The third-order valence-corrected chi connectivity index (χ3v) is 3.72. The summed E-state index contributed by atoms with van der Waals surface area (Å²) >= 11 is 0. The standard InChI is InChI=1S/C17H16O/c1-12-5-4-8-14(12)16-10-9-13-6-2-3-7-15(13)17(16)11-18/h2-10,14,18H,11H2,1H3. The zero-order chi connectivity index (χ0) is 12.5. The minimum Gasteiger partial charge on any atom is -0.392 e. The molecule has 0 fully saturated rings. The summed E-state index contributed by atoms with van der Waals surface area (Å²) in [6.07, 6.45) is 6.43. The van der Waals surface area contributed by atoms with Gasteiger partial charge in [0.25, 0.3) is 0 Å². The highest BCUT2D eigenvalue weighted by molar-refractivity contribution is 5.87. The van der Waals surface area contributed by atoms with Crippen molar-refractivity contribution in [2.75, 3.05) is 0 Å². The van der Waals surface area contributed by atoms with Crippen LogP contribution in [0.1, 0.15) is 24.0 Å². The van der Waals surface area contributed by atoms with E-state index in [1.165, 1.54) is 16.5 Å². The van der Waals surface area contributed by atoms with Gasteiger partial charge in [-0.1, -0.05) is 60.2 Å². The Labute approximate surface area is 107 Å². The Morgan fingerprint density at radius 3 is 2.67 bits per heavy atom. The molecule has 0 aromatic heterocycles. The molecule has 0 amide bonds. The number of hydrogen-bond acceptors (Lipinski definition) is 1. The van der Waals surface area contributed by atoms with E-state index in [-0.39, 0.29) is 6.61 Å². The molecule has 1 unspecified atom stereocenters. The molecule has 1 aliphatic rings. The van der Waals surface area contributed by atoms with E-state index in [2.05, 4.69) is 49.4 Å². The van der Waals surface area contributed by atoms with E-state index in [0.717, 1.165) is 10.9 Å². The lowest BCUT2D eigenvalue weighted by molar-refractivity contribution is 0.282. The highest BCUT2D eigenvalue weighted by atomic mass is 16.3. The molecule has 0 radical (unpaired) electrons. The molecule has 0 spiro atoms. The Morgan fingerprint density at radius 2 is 1.94 bits per heavy atom. The smallest absolute Gasteiger partial charge is 0.0690 e. The monoisotopic (exact) mass is 236 g/mol. The van der Waals surface area contributed by atoms with E-state index in [9.17, 15) is 5.11 Å². The van der Waals surface area contributed by atoms with Crippen LogP contribution >= 0.6 is 0 Å². The fourth-order valence-corrected chi connectivity index (χ4v) is 2.74. The first-order valence-electron chi connectivity index (χ1n) is 6.27. The second-order valence-electron chi connectivity index (χ2n) is 4.79. The lowest BCUT2D eigenvalue weighted by atomic mass is 9.88. The van der Waals surface area contributed by atoms with Crippen LogP contribution in [0.3, 0.4) is 0 Å². The van der Waals surface area contributed by atoms with Gasteiger partial charge in [-0.05, 0) is 28.8 Å². The Bertz CT molecular complexity index is 650. The van der Waals surface area contributed by atoms with Crippen LogP contribution in [-0.4, -0.2) is 5.11 Å². The van der Waals surface area contributed by atoms with Crippen molar-refractivity contribution in [1.82, 2.24) is 0 Å². The Balaban J connectivity index is 2.24. The van der Waals surface area contributed by atoms with Gasteiger partial charge in [-0.25, -0.2) is 0 Å². The molecule has 1 atom stereocenters. The molecule has 0 heterocycles. The summed E-state index contributed by atoms with van der Waals surface area (Å²) in [7, 11) is 0. The summed E-state index contributed by atoms with van der Waals surface area (Å²) in [5.41, 5.74) is 3.61. The maximum absolute atomic E-state index is 9.72. The molecule has 1 aliphatic carbocycles. The van der Waals surface area contributed by atoms with Crippen molar-refractivity contribution in [2.45, 2.75) is 19.4 Å². The Hall–Kier alpha value is -1.86. The van der Waals surface area contributed by atoms with Gasteiger partial charge in [-0.2, -0.15) is 0 Å². The largest absolute Gasteiger partial charge is 0.392 e. The van der Waals surface area contributed by atoms with Crippen LogP contribution in [0.4, 0.5) is 0 Å². The summed E-state index contributed by atoms with van der Waals surface area (Å²) in [4.78, 5) is 0. The minimum absolute atomic E-state index is 0.0916. The predicted octanol–water partition coefficient (Wildman–Crippen LogP) is 3.93. The van der Waals surface area contributed by atoms with Gasteiger partial charge in [0.05, 0.1) is 6.61 Å². The molecule has 3 rings (SSSR count). The topological polar surface area (TPSA) is 20.2 Å². The molecule has 0 aliphatic heterocycles. The Kier molecular flexibility index (Phi) is 2.77. The zero-order valence-electron chi connectivity index (χ0n) is 10.4. The van der Waals surface area contributed by atoms with E-state index in [1.807, 2.05) is 12.1 Å². The van der Waals surface area contributed by atoms with Gasteiger partial charge in [-0.15, -0.1) is 0 Å². The first kappa shape index (κ1) is 11.2. The summed E-state index contributed by atoms with van der Waals surface area (Å²) in [5.74, 6) is 0.316. The van der Waals surface area contributed by atoms with Crippen molar-refractivity contribution >= 4 is 10.8 Å². The molecule has 2 aromatic carbocycles. The molecule has 0 bridgehead atoms. The van der Waals surface area contributed by atoms with Gasteiger partial charge in [-0.3, -0.25) is 0 Å². The molecule has 2 aromatic rings. The van der Waals surface area contributed by atoms with Crippen molar-refractivity contribution in [1.29, 1.82) is 0 Å². The highest BCUT2D eigenvalue weighted by Gasteiger charge is 2.17. The average molecular weight is 236 g/mol. The van der Waals surface area contributed by atoms with Gasteiger partial charge < -0.3 is 5.11 Å². The molecular weight excluding hydrogens is 220 g/mol. The fraction of sp³-hybridized carbons (Fsp3) is 0.176. The van der Waals surface area contributed by atoms with Crippen molar-refractivity contribution in [3.05, 3.63) is 71.3 Å². The second-order valence-corrected chi connectivity index (χ2v) is 4.79. The van der Waals surface area contributed by atoms with Crippen LogP contribution in [0.2, 0.25) is 0 Å². The van der Waals surface area contributed by atoms with Gasteiger partial charge in [0.1, 0.15) is 0 Å². The first-order chi connectivity index (χ1) is 8.81. The van der Waals surface area contributed by atoms with Crippen LogP contribution in [-0.2, 0) is 6.61 Å². The van der Waals surface area contributed by atoms with Crippen molar-refractivity contribution in [3.63, 3.8) is 0 Å². The lowest BCUT2D eigenvalue weighted by Gasteiger charge is -2.17. The van der Waals surface area contributed by atoms with E-state index in [0.29, 0.717) is 5.92 Å². The molecule has 18 heavy (non-hydrogen) atoms. The van der Waals surface area contributed by atoms with Gasteiger partial charge >= 0.3 is 0 Å². The summed E-state index contributed by atoms with van der Waals surface area (Å²) in [5, 5.41) is 12.1. The number of hydrogen-bond donors (Lipinski definition) is 1. The normalized spacial score (nSPS) is 18.3. The minimum atomic E-state index is 0.0916. The summed E-state index contributed by atoms with van der Waals surface area (Å²) < 4.78 is 0. The molecule has 0 saturated carbocycles. The fourth-order valence-electron chi connectivity index (χ4n) is 2.74. The SMILES string of the molecule is CC1=CC=CC1c1ccc2ccccc2c1CO. The third kappa shape index (κ3) is 1.68. The third-order valence-electron chi connectivity index (χ3n) is 3.72. The second kappa shape index (κ2) is 4.43. The predicted molar refractivity (Wildman–Crippen MR) is 75.5 cm³/mol. The zero-order valence-corrected chi connectivity index (χ0v) is 10.4. The molecule has 90 valence electrons. The highest BCUT2D eigenvalue weighted by Crippen LogP contribution is 2.35. The number of fused-ring (bicyclic) bond motifs is 1. The van der Waals surface area contributed by atoms with Crippen LogP contribution in [0, 0.1) is 0 Å². The Morgan fingerprint density at radius 1 is 1.11 bits per heavy atom. The number of benzene rings is 2. The van der Waals surface area contributed by atoms with Gasteiger partial charge in [0.2, 0.25) is 0 Å². The molecular formula is C17H16O. The van der Waals surface area contributed by atoms with E-state index in [1.54, 1.807) is 0 Å². The number of aliphatic hydroxyl groups is 1. The number of allylic oxidation sites excluding steroid dienone is 4. The van der Waals surface area contributed by atoms with Crippen molar-refractivity contribution < 1.29 is 5.11 Å². The van der Waals surface area contributed by atoms with Crippen LogP contribution < -0.4 is 0 Å². The first-order valence-corrected chi connectivity index (χ1v) is 6.27. The van der Waals surface area contributed by atoms with Gasteiger partial charge in [0.15, 0.2) is 0 Å². The molecule has 1 heteroatoms. The quantitative estimate of drug-likeness (QED) is 0.837. The summed E-state index contributed by atoms with van der Waals surface area (Å²) in [6, 6.07) is 12.5. The van der Waals surface area contributed by atoms with E-state index in [4.69, 9.17) is 0 Å². The molecule has 1 N–H and O–H groups in total. The van der Waals surface area contributed by atoms with Crippen LogP contribution in [0.15, 0.2) is 60.2 Å². The number of aliphatic hydroxyl groups excluding tert-OH is 1. The van der Waals surface area contributed by atoms with E-state index >= 15 is 0 Å². The van der Waals surface area contributed by atoms with Gasteiger partial charge in [0, 0.05) is 5.92 Å². The van der Waals surface area contributed by atoms with Crippen molar-refractivity contribution in [3.8, 4) is 0 Å². The maximum Gasteiger partial charge on any atom is 0.0690 e. The molecule has 1 nitrogen and oxygen atoms in total. The summed E-state index contributed by atoms with van der Waals surface area (Å²) in [6.45, 7) is 2.23. The lowest BCUT2D eigenvalue weighted by Crippen LogP contribution is -2.01. The molecule has 0 saturated heterocycles. The van der Waals surface area contributed by atoms with Crippen LogP contribution in [0.5, 0.6) is 0 Å². The average Bonchev–Trinajstić information content (AvgIpc) is 2.83. The van der Waals surface area contributed by atoms with E-state index < -0.39 is 0 Å². The number of rotatable bonds is 2. The van der Waals surface area contributed by atoms with Crippen molar-refractivity contribution in [2.24, 2.45) is 0 Å². The van der Waals surface area contributed by atoms with Crippen LogP contribution in [0.25, 0.3) is 10.8 Å².